The topological polar surface area (TPSA) is 63.7 Å². The van der Waals surface area contributed by atoms with E-state index in [1.807, 2.05) is 6.92 Å². The highest BCUT2D eigenvalue weighted by Gasteiger charge is 2.15. The summed E-state index contributed by atoms with van der Waals surface area (Å²) in [5.41, 5.74) is 3.84. The van der Waals surface area contributed by atoms with Gasteiger partial charge in [-0.1, -0.05) is 0 Å². The van der Waals surface area contributed by atoms with Gasteiger partial charge in [-0.15, -0.1) is 11.3 Å². The number of thiophene rings is 1. The van der Waals surface area contributed by atoms with Gasteiger partial charge in [0.1, 0.15) is 11.3 Å². The first kappa shape index (κ1) is 10.2. The molecule has 5 nitrogen and oxygen atoms in total. The third-order valence-electron chi connectivity index (χ3n) is 2.56. The summed E-state index contributed by atoms with van der Waals surface area (Å²) in [5, 5.41) is 10.6. The van der Waals surface area contributed by atoms with Crippen molar-refractivity contribution in [3.8, 4) is 16.5 Å². The minimum Gasteiger partial charge on any atom is -0.487 e. The van der Waals surface area contributed by atoms with Gasteiger partial charge in [-0.05, 0) is 17.9 Å². The third kappa shape index (κ3) is 1.57. The van der Waals surface area contributed by atoms with E-state index in [-0.39, 0.29) is 0 Å². The van der Waals surface area contributed by atoms with Crippen LogP contribution >= 0.6 is 11.3 Å². The second-order valence-electron chi connectivity index (χ2n) is 3.66. The smallest absolute Gasteiger partial charge is 0.184 e. The molecule has 0 aliphatic rings. The molecule has 0 aromatic carbocycles. The van der Waals surface area contributed by atoms with E-state index < -0.39 is 0 Å². The summed E-state index contributed by atoms with van der Waals surface area (Å²) in [5.74, 6) is 0.797. The third-order valence-corrected chi connectivity index (χ3v) is 3.61. The molecule has 3 aromatic rings. The number of hydrogen-bond donors (Lipinski definition) is 1. The summed E-state index contributed by atoms with van der Waals surface area (Å²) < 4.78 is 5.34. The molecule has 0 bridgehead atoms. The molecule has 17 heavy (non-hydrogen) atoms. The molecular weight excluding hydrogens is 236 g/mol. The number of fused-ring (bicyclic) bond motifs is 1. The van der Waals surface area contributed by atoms with E-state index >= 15 is 0 Å². The Morgan fingerprint density at radius 3 is 2.88 bits per heavy atom. The molecule has 0 fully saturated rings. The number of aryl methyl sites for hydroxylation is 1. The molecule has 0 saturated carbocycles. The number of nitrogens with zero attached hydrogens (tertiary/aromatic N) is 3. The van der Waals surface area contributed by atoms with Crippen LogP contribution in [0.2, 0.25) is 0 Å². The molecule has 3 heterocycles. The van der Waals surface area contributed by atoms with Crippen molar-refractivity contribution in [3.05, 3.63) is 23.3 Å². The van der Waals surface area contributed by atoms with E-state index in [2.05, 4.69) is 25.5 Å². The highest BCUT2D eigenvalue weighted by atomic mass is 32.1. The van der Waals surface area contributed by atoms with E-state index in [1.165, 1.54) is 0 Å². The first-order chi connectivity index (χ1) is 8.29. The number of rotatable bonds is 2. The van der Waals surface area contributed by atoms with Crippen molar-refractivity contribution in [2.75, 3.05) is 7.11 Å². The normalized spacial score (nSPS) is 10.9. The Hall–Kier alpha value is -1.95. The van der Waals surface area contributed by atoms with Crippen LogP contribution in [0.3, 0.4) is 0 Å². The number of H-pyrrole nitrogens is 1. The number of nitrogens with one attached hydrogen (secondary N) is 1. The molecular formula is C11H10N4OS. The molecule has 3 aromatic heterocycles. The van der Waals surface area contributed by atoms with Crippen molar-refractivity contribution in [1.29, 1.82) is 0 Å². The first-order valence-electron chi connectivity index (χ1n) is 5.08. The first-order valence-corrected chi connectivity index (χ1v) is 5.96. The minimum atomic E-state index is 0.797. The Kier molecular flexibility index (Phi) is 2.29. The van der Waals surface area contributed by atoms with Crippen LogP contribution in [-0.2, 0) is 0 Å². The van der Waals surface area contributed by atoms with Crippen LogP contribution < -0.4 is 4.74 Å². The fourth-order valence-electron chi connectivity index (χ4n) is 1.75. The van der Waals surface area contributed by atoms with Crippen LogP contribution in [0, 0.1) is 6.92 Å². The zero-order valence-electron chi connectivity index (χ0n) is 9.39. The van der Waals surface area contributed by atoms with E-state index in [0.717, 1.165) is 33.0 Å². The van der Waals surface area contributed by atoms with Gasteiger partial charge >= 0.3 is 0 Å². The number of aromatic nitrogens is 4. The van der Waals surface area contributed by atoms with Gasteiger partial charge in [0.15, 0.2) is 5.06 Å². The van der Waals surface area contributed by atoms with Gasteiger partial charge in [-0.2, -0.15) is 10.2 Å². The number of imidazole rings is 1. The van der Waals surface area contributed by atoms with E-state index in [4.69, 9.17) is 4.74 Å². The van der Waals surface area contributed by atoms with Gasteiger partial charge in [-0.3, -0.25) is 0 Å². The maximum absolute atomic E-state index is 5.34. The Labute approximate surface area is 101 Å². The van der Waals surface area contributed by atoms with Crippen molar-refractivity contribution in [2.24, 2.45) is 0 Å². The molecule has 0 atom stereocenters. The minimum absolute atomic E-state index is 0.797. The second kappa shape index (κ2) is 3.81. The summed E-state index contributed by atoms with van der Waals surface area (Å²) >= 11 is 1.57. The largest absolute Gasteiger partial charge is 0.487 e. The standard InChI is InChI=1S/C11H10N4OS/c1-6-5-17-11(16-2)9(6)10-14-7-3-12-13-4-8(7)15-10/h3-5H,1-2H3,(H,14,15). The van der Waals surface area contributed by atoms with Crippen molar-refractivity contribution in [1.82, 2.24) is 20.2 Å². The SMILES string of the molecule is COc1scc(C)c1-c1nc2cnncc2[nH]1. The van der Waals surface area contributed by atoms with Crippen LogP contribution in [0.5, 0.6) is 5.06 Å². The Bertz CT molecular complexity index is 640. The number of aromatic amines is 1. The van der Waals surface area contributed by atoms with Gasteiger partial charge in [0.25, 0.3) is 0 Å². The maximum Gasteiger partial charge on any atom is 0.184 e. The fourth-order valence-corrected chi connectivity index (χ4v) is 2.62. The highest BCUT2D eigenvalue weighted by molar-refractivity contribution is 7.12. The second-order valence-corrected chi connectivity index (χ2v) is 4.50. The number of methoxy groups -OCH3 is 1. The molecule has 86 valence electrons. The zero-order valence-corrected chi connectivity index (χ0v) is 10.2. The zero-order chi connectivity index (χ0) is 11.8. The van der Waals surface area contributed by atoms with Crippen LogP contribution in [0.25, 0.3) is 22.4 Å². The highest BCUT2D eigenvalue weighted by Crippen LogP contribution is 2.37. The van der Waals surface area contributed by atoms with Crippen molar-refractivity contribution in [2.45, 2.75) is 6.92 Å². The van der Waals surface area contributed by atoms with Gasteiger partial charge < -0.3 is 9.72 Å². The molecule has 3 rings (SSSR count). The Morgan fingerprint density at radius 2 is 2.12 bits per heavy atom. The van der Waals surface area contributed by atoms with E-state index in [1.54, 1.807) is 30.8 Å². The lowest BCUT2D eigenvalue weighted by Crippen LogP contribution is -1.86. The molecule has 0 aliphatic carbocycles. The summed E-state index contributed by atoms with van der Waals surface area (Å²) in [6, 6.07) is 0. The Morgan fingerprint density at radius 1 is 1.29 bits per heavy atom. The lowest BCUT2D eigenvalue weighted by atomic mass is 10.2. The van der Waals surface area contributed by atoms with Crippen molar-refractivity contribution >= 4 is 22.4 Å². The molecule has 1 N–H and O–H groups in total. The summed E-state index contributed by atoms with van der Waals surface area (Å²) in [7, 11) is 1.67. The van der Waals surface area contributed by atoms with Crippen LogP contribution in [0.4, 0.5) is 0 Å². The monoisotopic (exact) mass is 246 g/mol. The predicted molar refractivity (Wildman–Crippen MR) is 66.3 cm³/mol. The van der Waals surface area contributed by atoms with Gasteiger partial charge in [-0.25, -0.2) is 4.98 Å². The van der Waals surface area contributed by atoms with Gasteiger partial charge in [0, 0.05) is 0 Å². The van der Waals surface area contributed by atoms with Crippen LogP contribution in [-0.4, -0.2) is 27.3 Å². The number of hydrogen-bond acceptors (Lipinski definition) is 5. The predicted octanol–water partition coefficient (Wildman–Crippen LogP) is 2.40. The van der Waals surface area contributed by atoms with E-state index in [0.29, 0.717) is 0 Å². The van der Waals surface area contributed by atoms with Crippen molar-refractivity contribution < 1.29 is 4.74 Å². The van der Waals surface area contributed by atoms with Crippen LogP contribution in [0.15, 0.2) is 17.8 Å². The molecule has 0 amide bonds. The van der Waals surface area contributed by atoms with Gasteiger partial charge in [0.2, 0.25) is 0 Å². The maximum atomic E-state index is 5.34. The molecule has 0 aliphatic heterocycles. The Balaban J connectivity index is 2.23. The average Bonchev–Trinajstić information content (AvgIpc) is 2.91. The molecule has 0 spiro atoms. The summed E-state index contributed by atoms with van der Waals surface area (Å²) in [6.45, 7) is 2.04. The number of ether oxygens (including phenoxy) is 1. The molecule has 0 unspecified atom stereocenters. The summed E-state index contributed by atoms with van der Waals surface area (Å²) in [6.07, 6.45) is 3.31. The molecule has 6 heteroatoms. The van der Waals surface area contributed by atoms with Crippen LogP contribution in [0.1, 0.15) is 5.56 Å². The fraction of sp³-hybridized carbons (Fsp3) is 0.182. The van der Waals surface area contributed by atoms with Gasteiger partial charge in [0.05, 0.1) is 30.6 Å². The lowest BCUT2D eigenvalue weighted by molar-refractivity contribution is 0.428. The summed E-state index contributed by atoms with van der Waals surface area (Å²) in [4.78, 5) is 7.72. The van der Waals surface area contributed by atoms with E-state index in [9.17, 15) is 0 Å². The molecule has 0 saturated heterocycles. The lowest BCUT2D eigenvalue weighted by Gasteiger charge is -2.00. The quantitative estimate of drug-likeness (QED) is 0.754. The average molecular weight is 246 g/mol. The van der Waals surface area contributed by atoms with Crippen molar-refractivity contribution in [3.63, 3.8) is 0 Å². The molecule has 0 radical (unpaired) electrons.